The Labute approximate surface area is 152 Å². The molecule has 2 aromatic carbocycles. The van der Waals surface area contributed by atoms with Gasteiger partial charge >= 0.3 is 0 Å². The molecule has 132 valence electrons. The van der Waals surface area contributed by atoms with Gasteiger partial charge in [0.15, 0.2) is 0 Å². The highest BCUT2D eigenvalue weighted by molar-refractivity contribution is 5.67. The van der Waals surface area contributed by atoms with Gasteiger partial charge in [0.25, 0.3) is 0 Å². The van der Waals surface area contributed by atoms with E-state index in [1.54, 1.807) is 0 Å². The summed E-state index contributed by atoms with van der Waals surface area (Å²) in [7, 11) is 0. The average Bonchev–Trinajstić information content (AvgIpc) is 2.70. The Morgan fingerprint density at radius 1 is 0.720 bits per heavy atom. The molecule has 1 aliphatic carbocycles. The lowest BCUT2D eigenvalue weighted by Gasteiger charge is -2.41. The highest BCUT2D eigenvalue weighted by Gasteiger charge is 2.25. The van der Waals surface area contributed by atoms with Crippen LogP contribution in [0.2, 0.25) is 0 Å². The van der Waals surface area contributed by atoms with Crippen LogP contribution in [-0.4, -0.2) is 42.0 Å². The zero-order chi connectivity index (χ0) is 16.9. The van der Waals surface area contributed by atoms with Crippen molar-refractivity contribution in [3.63, 3.8) is 0 Å². The van der Waals surface area contributed by atoms with Gasteiger partial charge in [-0.05, 0) is 29.5 Å². The van der Waals surface area contributed by atoms with Gasteiger partial charge < -0.3 is 0 Å². The maximum Gasteiger partial charge on any atom is 0.0240 e. The molecule has 1 heterocycles. The molecule has 2 fully saturated rings. The molecule has 0 atom stereocenters. The summed E-state index contributed by atoms with van der Waals surface area (Å²) >= 11 is 0. The third kappa shape index (κ3) is 4.13. The van der Waals surface area contributed by atoms with E-state index in [4.69, 9.17) is 0 Å². The highest BCUT2D eigenvalue weighted by atomic mass is 15.3. The molecule has 0 unspecified atom stereocenters. The minimum Gasteiger partial charge on any atom is -0.298 e. The highest BCUT2D eigenvalue weighted by Crippen LogP contribution is 2.26. The smallest absolute Gasteiger partial charge is 0.0240 e. The Bertz CT molecular complexity index is 653. The molecule has 0 amide bonds. The molecule has 25 heavy (non-hydrogen) atoms. The molecular weight excluding hydrogens is 304 g/mol. The molecule has 0 aromatic heterocycles. The summed E-state index contributed by atoms with van der Waals surface area (Å²) < 4.78 is 0. The first-order valence-corrected chi connectivity index (χ1v) is 10.00. The number of rotatable bonds is 4. The SMILES string of the molecule is c1ccc(-c2ccccc2CN2CCN(C3CCCCC3)CC2)cc1. The first-order chi connectivity index (χ1) is 12.4. The first kappa shape index (κ1) is 16.8. The molecule has 2 heteroatoms. The minimum atomic E-state index is 0.868. The molecule has 2 nitrogen and oxygen atoms in total. The van der Waals surface area contributed by atoms with E-state index in [1.807, 2.05) is 0 Å². The van der Waals surface area contributed by atoms with Crippen LogP contribution in [0.25, 0.3) is 11.1 Å². The van der Waals surface area contributed by atoms with Crippen LogP contribution in [0.4, 0.5) is 0 Å². The molecule has 0 spiro atoms. The fourth-order valence-corrected chi connectivity index (χ4v) is 4.53. The summed E-state index contributed by atoms with van der Waals surface area (Å²) in [5.74, 6) is 0. The van der Waals surface area contributed by atoms with Gasteiger partial charge in [0.2, 0.25) is 0 Å². The number of benzene rings is 2. The maximum absolute atomic E-state index is 2.76. The number of nitrogens with zero attached hydrogens (tertiary/aromatic N) is 2. The van der Waals surface area contributed by atoms with Crippen LogP contribution in [0.1, 0.15) is 37.7 Å². The van der Waals surface area contributed by atoms with Gasteiger partial charge in [-0.3, -0.25) is 9.80 Å². The van der Waals surface area contributed by atoms with E-state index in [-0.39, 0.29) is 0 Å². The van der Waals surface area contributed by atoms with Crippen LogP contribution in [0.3, 0.4) is 0 Å². The standard InChI is InChI=1S/C23H30N2/c1-3-9-20(10-4-1)23-14-8-7-11-21(23)19-24-15-17-25(18-16-24)22-12-5-2-6-13-22/h1,3-4,7-11,14,22H,2,5-6,12-13,15-19H2. The van der Waals surface area contributed by atoms with Crippen LogP contribution in [0.15, 0.2) is 54.6 Å². The maximum atomic E-state index is 2.76. The second-order valence-electron chi connectivity index (χ2n) is 7.63. The van der Waals surface area contributed by atoms with E-state index in [2.05, 4.69) is 64.4 Å². The Hall–Kier alpha value is -1.64. The summed E-state index contributed by atoms with van der Waals surface area (Å²) in [6, 6.07) is 20.6. The van der Waals surface area contributed by atoms with Crippen molar-refractivity contribution in [3.8, 4) is 11.1 Å². The topological polar surface area (TPSA) is 6.48 Å². The molecule has 4 rings (SSSR count). The van der Waals surface area contributed by atoms with Crippen molar-refractivity contribution in [1.29, 1.82) is 0 Å². The molecule has 1 aliphatic heterocycles. The quantitative estimate of drug-likeness (QED) is 0.792. The monoisotopic (exact) mass is 334 g/mol. The molecule has 0 bridgehead atoms. The third-order valence-corrected chi connectivity index (χ3v) is 5.99. The van der Waals surface area contributed by atoms with E-state index < -0.39 is 0 Å². The van der Waals surface area contributed by atoms with Gasteiger partial charge in [0.1, 0.15) is 0 Å². The minimum absolute atomic E-state index is 0.868. The number of piperazine rings is 1. The lowest BCUT2D eigenvalue weighted by molar-refractivity contribution is 0.0756. The zero-order valence-electron chi connectivity index (χ0n) is 15.2. The van der Waals surface area contributed by atoms with Gasteiger partial charge in [-0.2, -0.15) is 0 Å². The lowest BCUT2D eigenvalue weighted by Crippen LogP contribution is -2.50. The van der Waals surface area contributed by atoms with E-state index in [1.165, 1.54) is 75.0 Å². The second-order valence-corrected chi connectivity index (χ2v) is 7.63. The van der Waals surface area contributed by atoms with Crippen LogP contribution < -0.4 is 0 Å². The average molecular weight is 335 g/mol. The van der Waals surface area contributed by atoms with E-state index >= 15 is 0 Å². The van der Waals surface area contributed by atoms with Crippen molar-refractivity contribution in [2.24, 2.45) is 0 Å². The van der Waals surface area contributed by atoms with E-state index in [0.29, 0.717) is 0 Å². The van der Waals surface area contributed by atoms with Crippen molar-refractivity contribution in [3.05, 3.63) is 60.2 Å². The summed E-state index contributed by atoms with van der Waals surface area (Å²) in [6.45, 7) is 5.99. The van der Waals surface area contributed by atoms with Crippen molar-refractivity contribution < 1.29 is 0 Å². The summed E-state index contributed by atoms with van der Waals surface area (Å²) in [5.41, 5.74) is 4.18. The predicted octanol–water partition coefficient (Wildman–Crippen LogP) is 4.80. The first-order valence-electron chi connectivity index (χ1n) is 10.00. The zero-order valence-corrected chi connectivity index (χ0v) is 15.2. The molecule has 1 saturated heterocycles. The Morgan fingerprint density at radius 2 is 1.40 bits per heavy atom. The van der Waals surface area contributed by atoms with Crippen molar-refractivity contribution in [2.75, 3.05) is 26.2 Å². The van der Waals surface area contributed by atoms with Crippen LogP contribution >= 0.6 is 0 Å². The normalized spacial score (nSPS) is 20.6. The van der Waals surface area contributed by atoms with Gasteiger partial charge in [0, 0.05) is 38.8 Å². The van der Waals surface area contributed by atoms with Gasteiger partial charge in [-0.25, -0.2) is 0 Å². The van der Waals surface area contributed by atoms with Crippen LogP contribution in [-0.2, 0) is 6.54 Å². The van der Waals surface area contributed by atoms with Crippen LogP contribution in [0.5, 0.6) is 0 Å². The molecular formula is C23H30N2. The Balaban J connectivity index is 1.39. The predicted molar refractivity (Wildman–Crippen MR) is 106 cm³/mol. The van der Waals surface area contributed by atoms with Gasteiger partial charge in [0.05, 0.1) is 0 Å². The third-order valence-electron chi connectivity index (χ3n) is 5.99. The second kappa shape index (κ2) is 8.16. The molecule has 0 radical (unpaired) electrons. The molecule has 2 aromatic rings. The summed E-state index contributed by atoms with van der Waals surface area (Å²) in [5, 5.41) is 0. The molecule has 0 N–H and O–H groups in total. The Morgan fingerprint density at radius 3 is 2.16 bits per heavy atom. The van der Waals surface area contributed by atoms with Crippen molar-refractivity contribution in [2.45, 2.75) is 44.7 Å². The van der Waals surface area contributed by atoms with E-state index in [9.17, 15) is 0 Å². The molecule has 2 aliphatic rings. The fraction of sp³-hybridized carbons (Fsp3) is 0.478. The lowest BCUT2D eigenvalue weighted by atomic mass is 9.93. The van der Waals surface area contributed by atoms with Gasteiger partial charge in [-0.1, -0.05) is 73.9 Å². The van der Waals surface area contributed by atoms with Crippen molar-refractivity contribution >= 4 is 0 Å². The Kier molecular flexibility index (Phi) is 5.49. The fourth-order valence-electron chi connectivity index (χ4n) is 4.53. The van der Waals surface area contributed by atoms with Crippen molar-refractivity contribution in [1.82, 2.24) is 9.80 Å². The summed E-state index contributed by atoms with van der Waals surface area (Å²) in [6.07, 6.45) is 7.19. The number of hydrogen-bond donors (Lipinski definition) is 0. The largest absolute Gasteiger partial charge is 0.298 e. The van der Waals surface area contributed by atoms with Crippen LogP contribution in [0, 0.1) is 0 Å². The molecule has 1 saturated carbocycles. The van der Waals surface area contributed by atoms with Gasteiger partial charge in [-0.15, -0.1) is 0 Å². The van der Waals surface area contributed by atoms with E-state index in [0.717, 1.165) is 12.6 Å². The number of hydrogen-bond acceptors (Lipinski definition) is 2. The summed E-state index contributed by atoms with van der Waals surface area (Å²) in [4.78, 5) is 5.40.